The number of carbonyl (C=O) groups excluding carboxylic acids is 1. The largest absolute Gasteiger partial charge is 0.511 e. The Bertz CT molecular complexity index is 849. The van der Waals surface area contributed by atoms with Gasteiger partial charge in [0, 0.05) is 26.6 Å². The van der Waals surface area contributed by atoms with Gasteiger partial charge in [0.15, 0.2) is 5.78 Å². The summed E-state index contributed by atoms with van der Waals surface area (Å²) in [4.78, 5) is 14.1. The van der Waals surface area contributed by atoms with Crippen LogP contribution in [0.1, 0.15) is 37.3 Å². The van der Waals surface area contributed by atoms with E-state index in [1.54, 1.807) is 11.3 Å². The molecule has 0 unspecified atom stereocenters. The van der Waals surface area contributed by atoms with Crippen molar-refractivity contribution in [3.05, 3.63) is 51.0 Å². The van der Waals surface area contributed by atoms with Gasteiger partial charge in [-0.3, -0.25) is 4.79 Å². The van der Waals surface area contributed by atoms with E-state index in [9.17, 15) is 9.90 Å². The molecule has 4 rings (SSSR count). The standard InChI is InChI=1S/C20H19BrO2S/c1-2-11-3-4-12(17-9-15(21)10-24-17)8-16(11)18-19(22)13-5-6-14(7-13)20(18)23/h3-4,8-10,13-14,22H,2,5-7H2,1H3/t13-,14+/m0/s1. The monoisotopic (exact) mass is 402 g/mol. The van der Waals surface area contributed by atoms with Crippen LogP contribution in [0.15, 0.2) is 39.9 Å². The molecule has 1 N–H and O–H groups in total. The number of carbonyl (C=O) groups is 1. The van der Waals surface area contributed by atoms with E-state index in [4.69, 9.17) is 0 Å². The quantitative estimate of drug-likeness (QED) is 0.682. The average molecular weight is 403 g/mol. The molecular formula is C20H19BrO2S. The van der Waals surface area contributed by atoms with Crippen LogP contribution in [-0.2, 0) is 11.2 Å². The van der Waals surface area contributed by atoms with Crippen molar-refractivity contribution in [2.75, 3.05) is 0 Å². The lowest BCUT2D eigenvalue weighted by atomic mass is 9.81. The van der Waals surface area contributed by atoms with E-state index in [1.165, 1.54) is 0 Å². The van der Waals surface area contributed by atoms with Gasteiger partial charge in [0.1, 0.15) is 5.76 Å². The molecule has 1 heterocycles. The van der Waals surface area contributed by atoms with Crippen LogP contribution in [-0.4, -0.2) is 10.9 Å². The molecule has 0 radical (unpaired) electrons. The summed E-state index contributed by atoms with van der Waals surface area (Å²) in [7, 11) is 0. The van der Waals surface area contributed by atoms with E-state index >= 15 is 0 Å². The van der Waals surface area contributed by atoms with Crippen molar-refractivity contribution in [1.82, 2.24) is 0 Å². The number of benzene rings is 1. The number of rotatable bonds is 3. The lowest BCUT2D eigenvalue weighted by Crippen LogP contribution is -2.22. The van der Waals surface area contributed by atoms with Gasteiger partial charge in [-0.15, -0.1) is 11.3 Å². The molecular weight excluding hydrogens is 384 g/mol. The Balaban J connectivity index is 1.87. The number of halogens is 1. The molecule has 0 spiro atoms. The number of allylic oxidation sites excluding steroid dienone is 2. The van der Waals surface area contributed by atoms with Crippen molar-refractivity contribution in [3.8, 4) is 10.4 Å². The zero-order chi connectivity index (χ0) is 16.8. The Morgan fingerprint density at radius 1 is 1.25 bits per heavy atom. The maximum atomic E-state index is 12.9. The summed E-state index contributed by atoms with van der Waals surface area (Å²) >= 11 is 5.18. The van der Waals surface area contributed by atoms with E-state index in [2.05, 4.69) is 52.5 Å². The van der Waals surface area contributed by atoms with Gasteiger partial charge in [0.05, 0.1) is 5.57 Å². The fourth-order valence-corrected chi connectivity index (χ4v) is 5.43. The molecule has 1 aromatic heterocycles. The Labute approximate surface area is 154 Å². The Kier molecular flexibility index (Phi) is 4.13. The summed E-state index contributed by atoms with van der Waals surface area (Å²) in [6, 6.07) is 8.39. The van der Waals surface area contributed by atoms with Gasteiger partial charge in [-0.25, -0.2) is 0 Å². The molecule has 2 bridgehead atoms. The zero-order valence-corrected chi connectivity index (χ0v) is 15.9. The molecule has 2 aliphatic carbocycles. The highest BCUT2D eigenvalue weighted by molar-refractivity contribution is 9.10. The molecule has 0 aliphatic heterocycles. The molecule has 1 fully saturated rings. The average Bonchev–Trinajstić information content (AvgIpc) is 3.21. The third kappa shape index (κ3) is 2.56. The summed E-state index contributed by atoms with van der Waals surface area (Å²) in [5.41, 5.74) is 3.75. The smallest absolute Gasteiger partial charge is 0.169 e. The molecule has 0 saturated heterocycles. The number of fused-ring (bicyclic) bond motifs is 2. The summed E-state index contributed by atoms with van der Waals surface area (Å²) in [6.45, 7) is 2.10. The topological polar surface area (TPSA) is 37.3 Å². The van der Waals surface area contributed by atoms with Gasteiger partial charge in [0.2, 0.25) is 0 Å². The summed E-state index contributed by atoms with van der Waals surface area (Å²) < 4.78 is 1.07. The lowest BCUT2D eigenvalue weighted by Gasteiger charge is -2.23. The van der Waals surface area contributed by atoms with Crippen LogP contribution < -0.4 is 0 Å². The zero-order valence-electron chi connectivity index (χ0n) is 13.5. The van der Waals surface area contributed by atoms with Gasteiger partial charge in [-0.05, 0) is 70.4 Å². The Morgan fingerprint density at radius 2 is 2.04 bits per heavy atom. The number of ketones is 1. The molecule has 0 amide bonds. The van der Waals surface area contributed by atoms with Gasteiger partial charge < -0.3 is 5.11 Å². The van der Waals surface area contributed by atoms with Crippen LogP contribution in [0.4, 0.5) is 0 Å². The van der Waals surface area contributed by atoms with Crippen molar-refractivity contribution < 1.29 is 9.90 Å². The second kappa shape index (κ2) is 6.16. The molecule has 124 valence electrons. The first-order valence-corrected chi connectivity index (χ1v) is 10.1. The van der Waals surface area contributed by atoms with E-state index in [1.807, 2.05) is 0 Å². The number of thiophene rings is 1. The number of aryl methyl sites for hydroxylation is 1. The molecule has 2 aromatic rings. The van der Waals surface area contributed by atoms with Crippen molar-refractivity contribution in [3.63, 3.8) is 0 Å². The van der Waals surface area contributed by atoms with E-state index in [0.717, 1.165) is 51.7 Å². The molecule has 2 aliphatic rings. The fourth-order valence-electron chi connectivity index (χ4n) is 4.01. The molecule has 2 nitrogen and oxygen atoms in total. The molecule has 1 aromatic carbocycles. The third-order valence-corrected chi connectivity index (χ3v) is 7.04. The second-order valence-corrected chi connectivity index (χ2v) is 8.51. The predicted molar refractivity (Wildman–Crippen MR) is 102 cm³/mol. The van der Waals surface area contributed by atoms with Gasteiger partial charge in [-0.1, -0.05) is 19.1 Å². The first kappa shape index (κ1) is 16.1. The summed E-state index contributed by atoms with van der Waals surface area (Å²) in [6.07, 6.45) is 3.52. The highest BCUT2D eigenvalue weighted by Crippen LogP contribution is 2.46. The second-order valence-electron chi connectivity index (χ2n) is 6.69. The van der Waals surface area contributed by atoms with Crippen LogP contribution in [0.3, 0.4) is 0 Å². The van der Waals surface area contributed by atoms with Crippen LogP contribution in [0.5, 0.6) is 0 Å². The minimum absolute atomic E-state index is 0.102. The molecule has 24 heavy (non-hydrogen) atoms. The Hall–Kier alpha value is -1.39. The minimum atomic E-state index is 0.102. The molecule has 1 saturated carbocycles. The van der Waals surface area contributed by atoms with Crippen LogP contribution >= 0.6 is 27.3 Å². The SMILES string of the molecule is CCc1ccc(-c2cc(Br)cs2)cc1C1=C(O)[C@H]2CC[C@H](C2)C1=O. The van der Waals surface area contributed by atoms with Crippen molar-refractivity contribution in [2.45, 2.75) is 32.6 Å². The van der Waals surface area contributed by atoms with Crippen LogP contribution in [0.2, 0.25) is 0 Å². The first-order chi connectivity index (χ1) is 11.6. The molecule has 4 heteroatoms. The predicted octanol–water partition coefficient (Wildman–Crippen LogP) is 6.01. The van der Waals surface area contributed by atoms with Crippen molar-refractivity contribution in [2.24, 2.45) is 11.8 Å². The number of hydrogen-bond donors (Lipinski definition) is 1. The van der Waals surface area contributed by atoms with Gasteiger partial charge in [-0.2, -0.15) is 0 Å². The Morgan fingerprint density at radius 3 is 2.75 bits per heavy atom. The third-order valence-electron chi connectivity index (χ3n) is 5.30. The van der Waals surface area contributed by atoms with Crippen molar-refractivity contribution >= 4 is 38.6 Å². The number of hydrogen-bond acceptors (Lipinski definition) is 3. The highest BCUT2D eigenvalue weighted by atomic mass is 79.9. The van der Waals surface area contributed by atoms with Crippen LogP contribution in [0.25, 0.3) is 16.0 Å². The number of aliphatic hydroxyl groups excluding tert-OH is 1. The maximum absolute atomic E-state index is 12.9. The van der Waals surface area contributed by atoms with E-state index in [-0.39, 0.29) is 17.6 Å². The lowest BCUT2D eigenvalue weighted by molar-refractivity contribution is -0.117. The molecule has 2 atom stereocenters. The minimum Gasteiger partial charge on any atom is -0.511 e. The summed E-state index contributed by atoms with van der Waals surface area (Å²) in [5, 5.41) is 12.8. The highest BCUT2D eigenvalue weighted by Gasteiger charge is 2.41. The number of aliphatic hydroxyl groups is 1. The van der Waals surface area contributed by atoms with Gasteiger partial charge >= 0.3 is 0 Å². The van der Waals surface area contributed by atoms with E-state index < -0.39 is 0 Å². The maximum Gasteiger partial charge on any atom is 0.169 e. The summed E-state index contributed by atoms with van der Waals surface area (Å²) in [5.74, 6) is 0.741. The number of Topliss-reactive ketones (excluding diaryl/α,β-unsaturated/α-hetero) is 1. The normalized spacial score (nSPS) is 23.2. The van der Waals surface area contributed by atoms with Gasteiger partial charge in [0.25, 0.3) is 0 Å². The van der Waals surface area contributed by atoms with E-state index in [0.29, 0.717) is 11.3 Å². The fraction of sp³-hybridized carbons (Fsp3) is 0.350. The van der Waals surface area contributed by atoms with Crippen LogP contribution in [0, 0.1) is 11.8 Å². The first-order valence-electron chi connectivity index (χ1n) is 8.43. The van der Waals surface area contributed by atoms with Crippen molar-refractivity contribution in [1.29, 1.82) is 0 Å².